The van der Waals surface area contributed by atoms with Gasteiger partial charge in [-0.25, -0.2) is 0 Å². The molecule has 0 saturated carbocycles. The van der Waals surface area contributed by atoms with Crippen LogP contribution in [0.5, 0.6) is 0 Å². The highest BCUT2D eigenvalue weighted by Gasteiger charge is 2.24. The van der Waals surface area contributed by atoms with E-state index in [1.165, 1.54) is 0 Å². The molecule has 0 atom stereocenters. The summed E-state index contributed by atoms with van der Waals surface area (Å²) in [6.07, 6.45) is 2.04. The number of rotatable bonds is 5. The van der Waals surface area contributed by atoms with Crippen molar-refractivity contribution in [2.24, 2.45) is 0 Å². The van der Waals surface area contributed by atoms with Gasteiger partial charge in [0.2, 0.25) is 11.8 Å². The fraction of sp³-hybridized carbons (Fsp3) is 0.161. The zero-order chi connectivity index (χ0) is 24.2. The maximum Gasteiger partial charge on any atom is 0.228 e. The fourth-order valence-corrected chi connectivity index (χ4v) is 4.94. The first-order valence-electron chi connectivity index (χ1n) is 12.0. The lowest BCUT2D eigenvalue weighted by atomic mass is 9.88. The minimum atomic E-state index is -0.0638. The van der Waals surface area contributed by atoms with E-state index in [2.05, 4.69) is 35.6 Å². The summed E-state index contributed by atoms with van der Waals surface area (Å²) in [5, 5.41) is 3.09. The first kappa shape index (κ1) is 22.6. The Kier molecular flexibility index (Phi) is 6.44. The highest BCUT2D eigenvalue weighted by Crippen LogP contribution is 2.38. The van der Waals surface area contributed by atoms with Crippen molar-refractivity contribution in [2.75, 3.05) is 10.2 Å². The van der Waals surface area contributed by atoms with Gasteiger partial charge in [-0.3, -0.25) is 14.5 Å². The van der Waals surface area contributed by atoms with Gasteiger partial charge in [0.15, 0.2) is 0 Å². The van der Waals surface area contributed by atoms with Gasteiger partial charge in [0.1, 0.15) is 0 Å². The third-order valence-electron chi connectivity index (χ3n) is 6.61. The smallest absolute Gasteiger partial charge is 0.228 e. The number of benzene rings is 4. The molecule has 4 aromatic rings. The summed E-state index contributed by atoms with van der Waals surface area (Å²) in [6.45, 7) is 1.58. The summed E-state index contributed by atoms with van der Waals surface area (Å²) in [7, 11) is 0. The van der Waals surface area contributed by atoms with E-state index in [9.17, 15) is 9.59 Å². The van der Waals surface area contributed by atoms with E-state index in [4.69, 9.17) is 0 Å². The minimum Gasteiger partial charge on any atom is -0.326 e. The molecule has 0 radical (unpaired) electrons. The van der Waals surface area contributed by atoms with E-state index >= 15 is 0 Å². The Balaban J connectivity index is 1.42. The molecule has 0 saturated heterocycles. The van der Waals surface area contributed by atoms with Crippen molar-refractivity contribution in [1.29, 1.82) is 0 Å². The van der Waals surface area contributed by atoms with Crippen molar-refractivity contribution in [1.82, 2.24) is 0 Å². The molecule has 1 aliphatic heterocycles. The molecule has 5 rings (SSSR count). The van der Waals surface area contributed by atoms with Gasteiger partial charge in [-0.1, -0.05) is 84.9 Å². The molecule has 0 aromatic heterocycles. The number of amides is 2. The predicted octanol–water partition coefficient (Wildman–Crippen LogP) is 6.63. The van der Waals surface area contributed by atoms with Crippen LogP contribution in [0.2, 0.25) is 0 Å². The molecule has 174 valence electrons. The molecule has 2 amide bonds. The highest BCUT2D eigenvalue weighted by molar-refractivity contribution is 6.02. The van der Waals surface area contributed by atoms with Crippen molar-refractivity contribution >= 4 is 28.9 Å². The number of hydrogen-bond acceptors (Lipinski definition) is 2. The number of fused-ring (bicyclic) bond motifs is 2. The zero-order valence-corrected chi connectivity index (χ0v) is 19.8. The monoisotopic (exact) mass is 460 g/mol. The topological polar surface area (TPSA) is 49.4 Å². The zero-order valence-electron chi connectivity index (χ0n) is 19.8. The van der Waals surface area contributed by atoms with Gasteiger partial charge < -0.3 is 5.32 Å². The Hall–Kier alpha value is -4.18. The van der Waals surface area contributed by atoms with Crippen molar-refractivity contribution in [3.8, 4) is 0 Å². The minimum absolute atomic E-state index is 0.0428. The summed E-state index contributed by atoms with van der Waals surface area (Å²) in [5.41, 5.74) is 6.90. The lowest BCUT2D eigenvalue weighted by molar-refractivity contribution is -0.117. The molecule has 1 heterocycles. The molecule has 4 aromatic carbocycles. The molecule has 1 N–H and O–H groups in total. The van der Waals surface area contributed by atoms with Crippen LogP contribution in [0.25, 0.3) is 0 Å². The van der Waals surface area contributed by atoms with Crippen molar-refractivity contribution in [2.45, 2.75) is 32.1 Å². The molecule has 1 aliphatic rings. The van der Waals surface area contributed by atoms with Crippen LogP contribution in [0.4, 0.5) is 17.1 Å². The maximum absolute atomic E-state index is 13.2. The molecule has 0 unspecified atom stereocenters. The number of nitrogens with one attached hydrogen (secondary N) is 1. The molecule has 4 heteroatoms. The van der Waals surface area contributed by atoms with Crippen molar-refractivity contribution in [3.63, 3.8) is 0 Å². The first-order valence-corrected chi connectivity index (χ1v) is 12.0. The summed E-state index contributed by atoms with van der Waals surface area (Å²) in [5.74, 6) is -0.151. The normalized spacial score (nSPS) is 12.5. The largest absolute Gasteiger partial charge is 0.326 e. The van der Waals surface area contributed by atoms with Gasteiger partial charge in [0.25, 0.3) is 0 Å². The van der Waals surface area contributed by atoms with Gasteiger partial charge >= 0.3 is 0 Å². The van der Waals surface area contributed by atoms with Crippen LogP contribution in [0.3, 0.4) is 0 Å². The second-order valence-corrected chi connectivity index (χ2v) is 8.95. The Morgan fingerprint density at radius 2 is 1.31 bits per heavy atom. The van der Waals surface area contributed by atoms with Gasteiger partial charge in [0.05, 0.1) is 11.4 Å². The Morgan fingerprint density at radius 1 is 0.743 bits per heavy atom. The summed E-state index contributed by atoms with van der Waals surface area (Å²) in [6, 6.07) is 34.2. The van der Waals surface area contributed by atoms with Crippen LogP contribution in [-0.4, -0.2) is 11.8 Å². The van der Waals surface area contributed by atoms with E-state index in [0.717, 1.165) is 46.5 Å². The number of nitrogens with zero attached hydrogens (tertiary/aromatic N) is 1. The standard InChI is InChI=1S/C31H28N2O2/c1-22(34)33-29-15-9-8-14-25(29)16-17-26-18-19-27(20-30(26)33)32-31(35)21-28(23-10-4-2-5-11-23)24-12-6-3-7-13-24/h2-15,18-20,28H,16-17,21H2,1H3,(H,32,35). The number of anilines is 3. The second-order valence-electron chi connectivity index (χ2n) is 8.95. The van der Waals surface area contributed by atoms with Crippen LogP contribution >= 0.6 is 0 Å². The molecular formula is C31H28N2O2. The summed E-state index contributed by atoms with van der Waals surface area (Å²) < 4.78 is 0. The third-order valence-corrected chi connectivity index (χ3v) is 6.61. The van der Waals surface area contributed by atoms with E-state index in [0.29, 0.717) is 12.1 Å². The van der Waals surface area contributed by atoms with Crippen LogP contribution in [-0.2, 0) is 22.4 Å². The van der Waals surface area contributed by atoms with Crippen LogP contribution < -0.4 is 10.2 Å². The maximum atomic E-state index is 13.2. The Bertz CT molecular complexity index is 1310. The van der Waals surface area contributed by atoms with Gasteiger partial charge in [-0.05, 0) is 53.3 Å². The number of carbonyl (C=O) groups excluding carboxylic acids is 2. The molecule has 0 fully saturated rings. The van der Waals surface area contributed by atoms with Crippen molar-refractivity contribution < 1.29 is 9.59 Å². The lowest BCUT2D eigenvalue weighted by Crippen LogP contribution is -2.24. The predicted molar refractivity (Wildman–Crippen MR) is 141 cm³/mol. The first-order chi connectivity index (χ1) is 17.1. The molecule has 0 bridgehead atoms. The van der Waals surface area contributed by atoms with Gasteiger partial charge in [-0.2, -0.15) is 0 Å². The van der Waals surface area contributed by atoms with Gasteiger partial charge in [0, 0.05) is 24.9 Å². The van der Waals surface area contributed by atoms with Crippen LogP contribution in [0.15, 0.2) is 103 Å². The van der Waals surface area contributed by atoms with Crippen LogP contribution in [0, 0.1) is 0 Å². The molecule has 4 nitrogen and oxygen atoms in total. The van der Waals surface area contributed by atoms with E-state index < -0.39 is 0 Å². The third kappa shape index (κ3) is 4.87. The highest BCUT2D eigenvalue weighted by atomic mass is 16.2. The number of para-hydroxylation sites is 1. The fourth-order valence-electron chi connectivity index (χ4n) is 4.94. The molecule has 0 aliphatic carbocycles. The van der Waals surface area contributed by atoms with E-state index in [1.807, 2.05) is 72.8 Å². The van der Waals surface area contributed by atoms with Crippen LogP contribution in [0.1, 0.15) is 41.5 Å². The molecule has 35 heavy (non-hydrogen) atoms. The lowest BCUT2D eigenvalue weighted by Gasteiger charge is -2.24. The average molecular weight is 461 g/mol. The SMILES string of the molecule is CC(=O)N1c2ccccc2CCc2ccc(NC(=O)CC(c3ccccc3)c3ccccc3)cc21. The second kappa shape index (κ2) is 9.98. The van der Waals surface area contributed by atoms with E-state index in [1.54, 1.807) is 11.8 Å². The Morgan fingerprint density at radius 3 is 1.94 bits per heavy atom. The van der Waals surface area contributed by atoms with Crippen molar-refractivity contribution in [3.05, 3.63) is 125 Å². The van der Waals surface area contributed by atoms with Gasteiger partial charge in [-0.15, -0.1) is 0 Å². The summed E-state index contributed by atoms with van der Waals surface area (Å²) in [4.78, 5) is 27.7. The number of hydrogen-bond donors (Lipinski definition) is 1. The Labute approximate surface area is 206 Å². The average Bonchev–Trinajstić information content (AvgIpc) is 3.05. The number of carbonyl (C=O) groups is 2. The molecule has 0 spiro atoms. The van der Waals surface area contributed by atoms with E-state index in [-0.39, 0.29) is 17.7 Å². The quantitative estimate of drug-likeness (QED) is 0.363. The molecular weight excluding hydrogens is 432 g/mol. The summed E-state index contributed by atoms with van der Waals surface area (Å²) >= 11 is 0. The number of aryl methyl sites for hydroxylation is 2.